The number of anilines is 2. The lowest BCUT2D eigenvalue weighted by molar-refractivity contribution is -0.739. The fourth-order valence-corrected chi connectivity index (χ4v) is 4.91. The molecule has 0 bridgehead atoms. The minimum Gasteiger partial charge on any atom is -0.397 e. The Morgan fingerprint density at radius 1 is 1.34 bits per heavy atom. The number of rotatable bonds is 3. The highest BCUT2D eigenvalue weighted by Crippen LogP contribution is 2.38. The van der Waals surface area contributed by atoms with E-state index in [0.717, 1.165) is 35.2 Å². The Kier molecular flexibility index (Phi) is 4.28. The van der Waals surface area contributed by atoms with Crippen LogP contribution in [0.25, 0.3) is 10.2 Å². The van der Waals surface area contributed by atoms with E-state index in [1.54, 1.807) is 13.2 Å². The molecular weight excluding hydrogens is 386 g/mol. The highest BCUT2D eigenvalue weighted by molar-refractivity contribution is 7.21. The van der Waals surface area contributed by atoms with E-state index in [1.807, 2.05) is 6.07 Å². The highest BCUT2D eigenvalue weighted by atomic mass is 32.1. The van der Waals surface area contributed by atoms with Gasteiger partial charge in [0.25, 0.3) is 12.1 Å². The number of nitrogens with zero attached hydrogens (tertiary/aromatic N) is 3. The summed E-state index contributed by atoms with van der Waals surface area (Å²) in [5, 5.41) is 7.24. The topological polar surface area (TPSA) is 97.9 Å². The number of carbonyl (C=O) groups excluding carboxylic acids is 1. The summed E-state index contributed by atoms with van der Waals surface area (Å²) in [6.45, 7) is 0. The molecule has 4 aromatic rings. The molecule has 3 N–H and O–H groups in total. The van der Waals surface area contributed by atoms with Gasteiger partial charge < -0.3 is 5.73 Å². The number of fused-ring (bicyclic) bond motifs is 2. The molecule has 0 saturated heterocycles. The average Bonchev–Trinajstić information content (AvgIpc) is 3.29. The molecule has 1 aliphatic rings. The zero-order valence-corrected chi connectivity index (χ0v) is 16.7. The van der Waals surface area contributed by atoms with Crippen LogP contribution in [0.15, 0.2) is 47.1 Å². The molecule has 0 saturated carbocycles. The molecule has 0 aliphatic heterocycles. The highest BCUT2D eigenvalue weighted by Gasteiger charge is 2.25. The van der Waals surface area contributed by atoms with Crippen LogP contribution in [0, 0.1) is 0 Å². The number of nitrogens with one attached hydrogen (secondary N) is 1. The molecule has 1 aliphatic carbocycles. The Bertz CT molecular complexity index is 1210. The number of nitrogens with two attached hydrogens (primary N) is 1. The van der Waals surface area contributed by atoms with E-state index < -0.39 is 0 Å². The van der Waals surface area contributed by atoms with E-state index in [4.69, 9.17) is 15.2 Å². The van der Waals surface area contributed by atoms with Gasteiger partial charge in [0.2, 0.25) is 0 Å². The first-order chi connectivity index (χ1) is 14.1. The summed E-state index contributed by atoms with van der Waals surface area (Å²) in [4.78, 5) is 18.7. The van der Waals surface area contributed by atoms with E-state index in [0.29, 0.717) is 16.5 Å². The van der Waals surface area contributed by atoms with E-state index in [9.17, 15) is 4.79 Å². The lowest BCUT2D eigenvalue weighted by Gasteiger charge is -2.24. The molecule has 1 amide bonds. The summed E-state index contributed by atoms with van der Waals surface area (Å²) in [7, 11) is 1.71. The van der Waals surface area contributed by atoms with Gasteiger partial charge in [0, 0.05) is 11.1 Å². The van der Waals surface area contributed by atoms with Gasteiger partial charge in [0.15, 0.2) is 12.3 Å². The number of hydrogen-bond acceptors (Lipinski definition) is 6. The van der Waals surface area contributed by atoms with Crippen molar-refractivity contribution < 1.29 is 14.0 Å². The van der Waals surface area contributed by atoms with Crippen LogP contribution in [0.3, 0.4) is 0 Å². The largest absolute Gasteiger partial charge is 0.397 e. The smallest absolute Gasteiger partial charge is 0.302 e. The molecule has 3 aromatic heterocycles. The number of aromatic nitrogens is 3. The molecule has 0 radical (unpaired) electrons. The van der Waals surface area contributed by atoms with Gasteiger partial charge in [0.1, 0.15) is 9.71 Å². The second-order valence-electron chi connectivity index (χ2n) is 7.34. The summed E-state index contributed by atoms with van der Waals surface area (Å²) in [6, 6.07) is 12.7. The van der Waals surface area contributed by atoms with Gasteiger partial charge in [-0.3, -0.25) is 14.6 Å². The first kappa shape index (κ1) is 17.8. The zero-order chi connectivity index (χ0) is 20.0. The number of aryl methyl sites for hydroxylation is 2. The SMILES string of the molecule is C[n+]1cc(NC(=O)c2sc3nc4c(cc3c2N)CC(c2ccccc2)CC4)on1. The molecule has 1 atom stereocenters. The Balaban J connectivity index is 1.46. The molecule has 29 heavy (non-hydrogen) atoms. The molecular formula is C21H20N5O2S+. The van der Waals surface area contributed by atoms with Crippen LogP contribution >= 0.6 is 11.3 Å². The monoisotopic (exact) mass is 406 g/mol. The Hall–Kier alpha value is -3.26. The summed E-state index contributed by atoms with van der Waals surface area (Å²) in [5.41, 5.74) is 10.5. The number of nitrogen functional groups attached to an aromatic ring is 1. The number of thiophene rings is 1. The minimum atomic E-state index is -0.317. The van der Waals surface area contributed by atoms with E-state index >= 15 is 0 Å². The Morgan fingerprint density at radius 3 is 2.93 bits per heavy atom. The van der Waals surface area contributed by atoms with E-state index in [2.05, 4.69) is 40.9 Å². The predicted molar refractivity (Wildman–Crippen MR) is 111 cm³/mol. The van der Waals surface area contributed by atoms with Crippen LogP contribution in [-0.2, 0) is 19.9 Å². The Morgan fingerprint density at radius 2 is 2.17 bits per heavy atom. The van der Waals surface area contributed by atoms with Crippen LogP contribution in [0.4, 0.5) is 11.6 Å². The molecule has 5 rings (SSSR count). The van der Waals surface area contributed by atoms with Gasteiger partial charge in [-0.15, -0.1) is 11.3 Å². The van der Waals surface area contributed by atoms with E-state index in [-0.39, 0.29) is 11.8 Å². The lowest BCUT2D eigenvalue weighted by atomic mass is 9.82. The fraction of sp³-hybridized carbons (Fsp3) is 0.238. The summed E-state index contributed by atoms with van der Waals surface area (Å²) < 4.78 is 6.51. The van der Waals surface area contributed by atoms with Crippen LogP contribution in [0.1, 0.15) is 38.8 Å². The summed E-state index contributed by atoms with van der Waals surface area (Å²) in [5.74, 6) is 0.437. The van der Waals surface area contributed by atoms with Crippen LogP contribution in [0.5, 0.6) is 0 Å². The first-order valence-electron chi connectivity index (χ1n) is 9.48. The fourth-order valence-electron chi connectivity index (χ4n) is 3.92. The maximum atomic E-state index is 12.7. The molecule has 8 heteroatoms. The number of amides is 1. The Labute approximate surface area is 171 Å². The second kappa shape index (κ2) is 6.97. The molecule has 3 heterocycles. The quantitative estimate of drug-likeness (QED) is 0.509. The summed E-state index contributed by atoms with van der Waals surface area (Å²) >= 11 is 1.31. The summed E-state index contributed by atoms with van der Waals surface area (Å²) in [6.07, 6.45) is 4.53. The van der Waals surface area contributed by atoms with Crippen molar-refractivity contribution in [3.63, 3.8) is 0 Å². The van der Waals surface area contributed by atoms with Crippen molar-refractivity contribution in [3.05, 3.63) is 64.3 Å². The number of hydrogen-bond donors (Lipinski definition) is 2. The maximum Gasteiger partial charge on any atom is 0.302 e. The third-order valence-corrected chi connectivity index (χ3v) is 6.49. The predicted octanol–water partition coefficient (Wildman–Crippen LogP) is 3.22. The van der Waals surface area contributed by atoms with Crippen molar-refractivity contribution in [1.29, 1.82) is 0 Å². The lowest BCUT2D eigenvalue weighted by Crippen LogP contribution is -2.28. The van der Waals surface area contributed by atoms with Gasteiger partial charge >= 0.3 is 5.88 Å². The van der Waals surface area contributed by atoms with Crippen molar-refractivity contribution in [2.45, 2.75) is 25.2 Å². The van der Waals surface area contributed by atoms with Gasteiger partial charge in [-0.25, -0.2) is 4.98 Å². The van der Waals surface area contributed by atoms with Crippen molar-refractivity contribution in [1.82, 2.24) is 10.3 Å². The van der Waals surface area contributed by atoms with Gasteiger partial charge in [0.05, 0.1) is 5.69 Å². The van der Waals surface area contributed by atoms with Crippen LogP contribution in [-0.4, -0.2) is 16.2 Å². The second-order valence-corrected chi connectivity index (χ2v) is 8.34. The van der Waals surface area contributed by atoms with Gasteiger partial charge in [-0.2, -0.15) is 0 Å². The average molecular weight is 406 g/mol. The van der Waals surface area contributed by atoms with Crippen molar-refractivity contribution >= 4 is 39.0 Å². The number of pyridine rings is 1. The van der Waals surface area contributed by atoms with Crippen molar-refractivity contribution in [2.24, 2.45) is 7.05 Å². The van der Waals surface area contributed by atoms with Crippen molar-refractivity contribution in [2.75, 3.05) is 11.1 Å². The normalized spacial score (nSPS) is 16.0. The van der Waals surface area contributed by atoms with Crippen LogP contribution in [0.2, 0.25) is 0 Å². The molecule has 146 valence electrons. The van der Waals surface area contributed by atoms with Crippen LogP contribution < -0.4 is 15.7 Å². The van der Waals surface area contributed by atoms with Crippen molar-refractivity contribution in [3.8, 4) is 0 Å². The maximum absolute atomic E-state index is 12.7. The third-order valence-electron chi connectivity index (χ3n) is 5.37. The third kappa shape index (κ3) is 3.25. The van der Waals surface area contributed by atoms with Gasteiger partial charge in [-0.1, -0.05) is 35.0 Å². The zero-order valence-electron chi connectivity index (χ0n) is 15.9. The molecule has 1 aromatic carbocycles. The number of carbonyl (C=O) groups is 1. The van der Waals surface area contributed by atoms with E-state index in [1.165, 1.54) is 27.1 Å². The number of benzene rings is 1. The molecule has 0 fully saturated rings. The molecule has 0 spiro atoms. The van der Waals surface area contributed by atoms with Gasteiger partial charge in [-0.05, 0) is 42.4 Å². The molecule has 1 unspecified atom stereocenters. The first-order valence-corrected chi connectivity index (χ1v) is 10.3. The minimum absolute atomic E-state index is 0.271. The molecule has 7 nitrogen and oxygen atoms in total. The standard InChI is InChI=1S/C21H19N5O2S/c1-26-11-17(28-25-26)24-20(27)19-18(22)15-10-14-9-13(12-5-3-2-4-6-12)7-8-16(14)23-21(15)29-19/h2-6,10-11,13H,7-9H2,1H3,(H2-,22,24,25,27)/p+1.